The Hall–Kier alpha value is -1.81. The lowest BCUT2D eigenvalue weighted by atomic mass is 9.47. The number of amides is 1. The molecule has 0 bridgehead atoms. The van der Waals surface area contributed by atoms with Crippen LogP contribution >= 0.6 is 0 Å². The maximum atomic E-state index is 12.4. The molecular weight excluding hydrogens is 396 g/mol. The second kappa shape index (κ2) is 7.09. The number of hydroxylamine groups is 1. The van der Waals surface area contributed by atoms with Gasteiger partial charge in [0.15, 0.2) is 0 Å². The van der Waals surface area contributed by atoms with Crippen LogP contribution < -0.4 is 5.06 Å². The molecule has 3 aliphatic carbocycles. The summed E-state index contributed by atoms with van der Waals surface area (Å²) in [6, 6.07) is 9.13. The minimum Gasteiger partial charge on any atom is -0.342 e. The highest BCUT2D eigenvalue weighted by Crippen LogP contribution is 2.66. The van der Waals surface area contributed by atoms with Gasteiger partial charge in [0.2, 0.25) is 5.91 Å². The summed E-state index contributed by atoms with van der Waals surface area (Å²) in [7, 11) is 2.06. The number of hydrogen-bond donors (Lipinski definition) is 0. The molecule has 1 saturated heterocycles. The lowest BCUT2D eigenvalue weighted by Gasteiger charge is -2.61. The van der Waals surface area contributed by atoms with Crippen molar-refractivity contribution in [3.05, 3.63) is 41.5 Å². The van der Waals surface area contributed by atoms with Crippen LogP contribution in [-0.4, -0.2) is 36.5 Å². The van der Waals surface area contributed by atoms with Crippen LogP contribution in [0.25, 0.3) is 0 Å². The first kappa shape index (κ1) is 20.8. The Labute approximate surface area is 192 Å². The van der Waals surface area contributed by atoms with Gasteiger partial charge >= 0.3 is 0 Å². The molecule has 0 N–H and O–H groups in total. The molecule has 3 saturated carbocycles. The topological polar surface area (TPSA) is 32.8 Å². The third kappa shape index (κ3) is 2.81. The van der Waals surface area contributed by atoms with Crippen LogP contribution in [0.5, 0.6) is 0 Å². The number of rotatable bonds is 1. The smallest absolute Gasteiger partial charge is 0.222 e. The third-order valence-electron chi connectivity index (χ3n) is 10.5. The Balaban J connectivity index is 1.26. The Bertz CT molecular complexity index is 955. The van der Waals surface area contributed by atoms with Crippen molar-refractivity contribution in [3.8, 4) is 0 Å². The lowest BCUT2D eigenvalue weighted by Crippen LogP contribution is -2.61. The molecule has 4 nitrogen and oxygen atoms in total. The van der Waals surface area contributed by atoms with E-state index in [2.05, 4.69) is 68.1 Å². The number of carbonyl (C=O) groups excluding carboxylic acids is 1. The van der Waals surface area contributed by atoms with E-state index in [-0.39, 0.29) is 16.9 Å². The van der Waals surface area contributed by atoms with E-state index in [9.17, 15) is 4.79 Å². The summed E-state index contributed by atoms with van der Waals surface area (Å²) in [5.41, 5.74) is 4.58. The van der Waals surface area contributed by atoms with Gasteiger partial charge in [-0.05, 0) is 91.7 Å². The Kier molecular flexibility index (Phi) is 4.60. The molecule has 0 aromatic heterocycles. The first-order chi connectivity index (χ1) is 15.3. The Morgan fingerprint density at radius 1 is 1.03 bits per heavy atom. The van der Waals surface area contributed by atoms with Gasteiger partial charge in [0.05, 0.1) is 12.2 Å². The maximum absolute atomic E-state index is 12.4. The van der Waals surface area contributed by atoms with Crippen LogP contribution in [0.2, 0.25) is 0 Å². The van der Waals surface area contributed by atoms with Crippen molar-refractivity contribution in [2.24, 2.45) is 28.6 Å². The lowest BCUT2D eigenvalue weighted by molar-refractivity contribution is -0.156. The van der Waals surface area contributed by atoms with E-state index in [0.29, 0.717) is 17.9 Å². The third-order valence-corrected chi connectivity index (χ3v) is 10.5. The van der Waals surface area contributed by atoms with Gasteiger partial charge in [-0.2, -0.15) is 0 Å². The number of anilines is 1. The normalized spacial score (nSPS) is 43.2. The number of piperidine rings is 1. The number of fused-ring (bicyclic) bond motifs is 7. The molecule has 32 heavy (non-hydrogen) atoms. The number of nitrogens with zero attached hydrogens (tertiary/aromatic N) is 2. The van der Waals surface area contributed by atoms with Crippen molar-refractivity contribution in [1.29, 1.82) is 0 Å². The summed E-state index contributed by atoms with van der Waals surface area (Å²) < 4.78 is 0. The summed E-state index contributed by atoms with van der Waals surface area (Å²) in [6.07, 6.45) is 10.7. The predicted octanol–water partition coefficient (Wildman–Crippen LogP) is 5.51. The molecule has 2 heterocycles. The summed E-state index contributed by atoms with van der Waals surface area (Å²) in [5, 5.41) is 2.10. The van der Waals surface area contributed by atoms with Crippen molar-refractivity contribution in [2.45, 2.75) is 77.9 Å². The number of carbonyl (C=O) groups is 1. The van der Waals surface area contributed by atoms with Crippen molar-refractivity contribution >= 4 is 11.6 Å². The molecule has 0 radical (unpaired) electrons. The number of likely N-dealkylation sites (tertiary alicyclic amines) is 1. The summed E-state index contributed by atoms with van der Waals surface area (Å²) in [5.74, 6) is 2.56. The average molecular weight is 435 g/mol. The van der Waals surface area contributed by atoms with Crippen LogP contribution in [0.15, 0.2) is 35.9 Å². The van der Waals surface area contributed by atoms with Crippen molar-refractivity contribution in [2.75, 3.05) is 18.7 Å². The summed E-state index contributed by atoms with van der Waals surface area (Å²) in [6.45, 7) is 8.03. The second-order valence-corrected chi connectivity index (χ2v) is 11.8. The highest BCUT2D eigenvalue weighted by molar-refractivity contribution is 5.77. The number of hydrogen-bond acceptors (Lipinski definition) is 3. The fourth-order valence-corrected chi connectivity index (χ4v) is 8.71. The molecular formula is C28H38N2O2. The fraction of sp³-hybridized carbons (Fsp3) is 0.679. The highest BCUT2D eigenvalue weighted by atomic mass is 16.7. The number of aryl methyl sites for hydroxylation is 1. The molecule has 1 aromatic rings. The molecule has 7 atom stereocenters. The van der Waals surface area contributed by atoms with Gasteiger partial charge in [0.1, 0.15) is 6.10 Å². The van der Waals surface area contributed by atoms with E-state index >= 15 is 0 Å². The van der Waals surface area contributed by atoms with E-state index in [1.54, 1.807) is 5.57 Å². The molecule has 1 amide bonds. The zero-order valence-electron chi connectivity index (χ0n) is 20.1. The molecule has 4 heteroatoms. The predicted molar refractivity (Wildman–Crippen MR) is 127 cm³/mol. The van der Waals surface area contributed by atoms with Crippen LogP contribution in [0, 0.1) is 35.5 Å². The molecule has 1 aromatic carbocycles. The van der Waals surface area contributed by atoms with E-state index < -0.39 is 0 Å². The van der Waals surface area contributed by atoms with Gasteiger partial charge in [0, 0.05) is 19.5 Å². The summed E-state index contributed by atoms with van der Waals surface area (Å²) in [4.78, 5) is 21.2. The zero-order chi connectivity index (χ0) is 22.3. The van der Waals surface area contributed by atoms with Gasteiger partial charge in [-0.15, -0.1) is 0 Å². The van der Waals surface area contributed by atoms with Crippen molar-refractivity contribution in [1.82, 2.24) is 4.90 Å². The van der Waals surface area contributed by atoms with Gasteiger partial charge in [-0.25, -0.2) is 5.06 Å². The van der Waals surface area contributed by atoms with Crippen LogP contribution in [0.4, 0.5) is 5.69 Å². The molecule has 172 valence electrons. The molecule has 5 aliphatic rings. The second-order valence-electron chi connectivity index (χ2n) is 11.8. The zero-order valence-corrected chi connectivity index (χ0v) is 20.1. The molecule has 2 aliphatic heterocycles. The SMILES string of the molecule is Cc1ccc(N2CC=C3[C@@H](C[C@H]4[C@@H]5CC[C@H]6N(C)C(=O)CC[C@]6(C)[C@H]5CC[C@]34C)O2)cc1. The van der Waals surface area contributed by atoms with Gasteiger partial charge < -0.3 is 4.90 Å². The first-order valence-electron chi connectivity index (χ1n) is 12.8. The monoisotopic (exact) mass is 434 g/mol. The molecule has 0 unspecified atom stereocenters. The molecule has 6 rings (SSSR count). The quantitative estimate of drug-likeness (QED) is 0.546. The van der Waals surface area contributed by atoms with Gasteiger partial charge in [0.25, 0.3) is 0 Å². The van der Waals surface area contributed by atoms with Crippen molar-refractivity contribution < 1.29 is 9.63 Å². The van der Waals surface area contributed by atoms with E-state index in [1.165, 1.54) is 31.2 Å². The maximum Gasteiger partial charge on any atom is 0.222 e. The van der Waals surface area contributed by atoms with E-state index in [0.717, 1.165) is 43.3 Å². The van der Waals surface area contributed by atoms with Crippen molar-refractivity contribution in [3.63, 3.8) is 0 Å². The highest BCUT2D eigenvalue weighted by Gasteiger charge is 2.62. The Morgan fingerprint density at radius 3 is 2.59 bits per heavy atom. The largest absolute Gasteiger partial charge is 0.342 e. The van der Waals surface area contributed by atoms with Crippen LogP contribution in [0.3, 0.4) is 0 Å². The number of benzene rings is 1. The average Bonchev–Trinajstić information content (AvgIpc) is 3.09. The summed E-state index contributed by atoms with van der Waals surface area (Å²) >= 11 is 0. The standard InChI is InChI=1S/C28H38N2O2/c1-18-5-7-19(8-6-18)30-16-13-22-24(32-30)17-23-20-9-10-25-28(3,15-12-26(31)29(25)4)21(20)11-14-27(22,23)2/h5-8,13,20-21,23-25H,9-12,14-17H2,1-4H3/t20-,21+,23+,24-,25-,27-,28-/m1/s1. The minimum absolute atomic E-state index is 0.222. The first-order valence-corrected chi connectivity index (χ1v) is 12.8. The van der Waals surface area contributed by atoms with Gasteiger partial charge in [-0.3, -0.25) is 9.63 Å². The molecule has 0 spiro atoms. The Morgan fingerprint density at radius 2 is 1.81 bits per heavy atom. The fourth-order valence-electron chi connectivity index (χ4n) is 8.71. The molecule has 4 fully saturated rings. The van der Waals surface area contributed by atoms with E-state index in [1.807, 2.05) is 0 Å². The van der Waals surface area contributed by atoms with Gasteiger partial charge in [-0.1, -0.05) is 37.6 Å². The van der Waals surface area contributed by atoms with Crippen LogP contribution in [-0.2, 0) is 9.63 Å². The van der Waals surface area contributed by atoms with E-state index in [4.69, 9.17) is 4.84 Å². The minimum atomic E-state index is 0.222. The van der Waals surface area contributed by atoms with Crippen LogP contribution in [0.1, 0.15) is 64.4 Å².